The summed E-state index contributed by atoms with van der Waals surface area (Å²) in [5.74, 6) is 0.941. The van der Waals surface area contributed by atoms with Crippen molar-refractivity contribution in [3.63, 3.8) is 0 Å². The van der Waals surface area contributed by atoms with Crippen molar-refractivity contribution in [2.24, 2.45) is 0 Å². The molecule has 0 bridgehead atoms. The van der Waals surface area contributed by atoms with Gasteiger partial charge in [0, 0.05) is 35.3 Å². The Balaban J connectivity index is 1.39. The van der Waals surface area contributed by atoms with Gasteiger partial charge < -0.3 is 18.8 Å². The van der Waals surface area contributed by atoms with Crippen LogP contribution in [0.5, 0.6) is 17.2 Å². The van der Waals surface area contributed by atoms with Gasteiger partial charge in [-0.1, -0.05) is 32.9 Å². The maximum Gasteiger partial charge on any atom is 0.343 e. The molecule has 1 aromatic heterocycles. The standard InChI is InChI=1S/C31H29NO5/c1-6-32-18-20(25-16-22(35-5)12-14-26(25)32)15-28-29(33)24-13-11-23(17-27(24)37-28)36-30(34)19-7-9-21(10-8-19)31(2,3)4/h7-18H,6H2,1-5H3/b28-15+. The van der Waals surface area contributed by atoms with E-state index in [4.69, 9.17) is 14.2 Å². The van der Waals surface area contributed by atoms with Gasteiger partial charge in [0.2, 0.25) is 5.78 Å². The van der Waals surface area contributed by atoms with Crippen molar-refractivity contribution in [2.75, 3.05) is 7.11 Å². The highest BCUT2D eigenvalue weighted by Gasteiger charge is 2.28. The molecule has 0 atom stereocenters. The number of hydrogen-bond acceptors (Lipinski definition) is 5. The molecule has 0 amide bonds. The summed E-state index contributed by atoms with van der Waals surface area (Å²) in [5.41, 5.74) is 3.91. The van der Waals surface area contributed by atoms with E-state index in [-0.39, 0.29) is 17.0 Å². The first-order valence-corrected chi connectivity index (χ1v) is 12.3. The maximum atomic E-state index is 13.1. The SMILES string of the molecule is CCn1cc(/C=C2/Oc3cc(OC(=O)c4ccc(C(C)(C)C)cc4)ccc3C2=O)c2cc(OC)ccc21. The molecule has 6 nitrogen and oxygen atoms in total. The summed E-state index contributed by atoms with van der Waals surface area (Å²) in [6.45, 7) is 9.21. The fourth-order valence-electron chi connectivity index (χ4n) is 4.45. The third-order valence-electron chi connectivity index (χ3n) is 6.58. The minimum absolute atomic E-state index is 0.00492. The van der Waals surface area contributed by atoms with Gasteiger partial charge in [0.05, 0.1) is 18.2 Å². The summed E-state index contributed by atoms with van der Waals surface area (Å²) in [5, 5.41) is 0.966. The van der Waals surface area contributed by atoms with Crippen LogP contribution in [-0.4, -0.2) is 23.4 Å². The number of aryl methyl sites for hydroxylation is 1. The van der Waals surface area contributed by atoms with E-state index in [0.29, 0.717) is 22.6 Å². The van der Waals surface area contributed by atoms with Gasteiger partial charge in [-0.25, -0.2) is 4.79 Å². The van der Waals surface area contributed by atoms with Gasteiger partial charge in [-0.05, 0) is 66.4 Å². The van der Waals surface area contributed by atoms with Crippen LogP contribution in [0.15, 0.2) is 72.6 Å². The number of nitrogens with zero attached hydrogens (tertiary/aromatic N) is 1. The summed E-state index contributed by atoms with van der Waals surface area (Å²) in [7, 11) is 1.63. The van der Waals surface area contributed by atoms with Crippen LogP contribution in [0, 0.1) is 0 Å². The number of benzene rings is 3. The molecule has 0 spiro atoms. The lowest BCUT2D eigenvalue weighted by Gasteiger charge is -2.18. The molecule has 37 heavy (non-hydrogen) atoms. The van der Waals surface area contributed by atoms with Crippen molar-refractivity contribution in [1.82, 2.24) is 4.57 Å². The Morgan fingerprint density at radius 2 is 1.73 bits per heavy atom. The molecule has 0 saturated heterocycles. The number of carbonyl (C=O) groups is 2. The fraction of sp³-hybridized carbons (Fsp3) is 0.226. The minimum atomic E-state index is -0.471. The summed E-state index contributed by atoms with van der Waals surface area (Å²) in [6.07, 6.45) is 3.74. The highest BCUT2D eigenvalue weighted by molar-refractivity contribution is 6.15. The van der Waals surface area contributed by atoms with Crippen molar-refractivity contribution in [1.29, 1.82) is 0 Å². The highest BCUT2D eigenvalue weighted by atomic mass is 16.5. The lowest BCUT2D eigenvalue weighted by atomic mass is 9.87. The molecule has 4 aromatic rings. The normalized spacial score (nSPS) is 14.1. The zero-order valence-electron chi connectivity index (χ0n) is 21.6. The lowest BCUT2D eigenvalue weighted by Crippen LogP contribution is -2.12. The number of ether oxygens (including phenoxy) is 3. The molecule has 3 aromatic carbocycles. The Bertz CT molecular complexity index is 1550. The van der Waals surface area contributed by atoms with Crippen molar-refractivity contribution < 1.29 is 23.8 Å². The average molecular weight is 496 g/mol. The molecule has 6 heteroatoms. The van der Waals surface area contributed by atoms with E-state index in [9.17, 15) is 9.59 Å². The van der Waals surface area contributed by atoms with E-state index in [1.165, 1.54) is 0 Å². The number of methoxy groups -OCH3 is 1. The maximum absolute atomic E-state index is 13.1. The second-order valence-corrected chi connectivity index (χ2v) is 10.1. The Kier molecular flexibility index (Phi) is 6.12. The van der Waals surface area contributed by atoms with Gasteiger partial charge in [0.1, 0.15) is 17.2 Å². The third kappa shape index (κ3) is 4.62. The van der Waals surface area contributed by atoms with Crippen LogP contribution in [0.1, 0.15) is 59.5 Å². The molecule has 0 N–H and O–H groups in total. The Morgan fingerprint density at radius 3 is 2.41 bits per heavy atom. The van der Waals surface area contributed by atoms with Gasteiger partial charge in [-0.2, -0.15) is 0 Å². The van der Waals surface area contributed by atoms with E-state index in [2.05, 4.69) is 32.3 Å². The van der Waals surface area contributed by atoms with Gasteiger partial charge in [-0.15, -0.1) is 0 Å². The average Bonchev–Trinajstić information content (AvgIpc) is 3.39. The number of fused-ring (bicyclic) bond motifs is 2. The van der Waals surface area contributed by atoms with E-state index in [0.717, 1.165) is 34.3 Å². The number of esters is 1. The lowest BCUT2D eigenvalue weighted by molar-refractivity contribution is 0.0734. The van der Waals surface area contributed by atoms with Crippen LogP contribution in [-0.2, 0) is 12.0 Å². The Morgan fingerprint density at radius 1 is 1.00 bits per heavy atom. The Labute approximate surface area is 216 Å². The monoisotopic (exact) mass is 495 g/mol. The molecule has 188 valence electrons. The largest absolute Gasteiger partial charge is 0.497 e. The smallest absolute Gasteiger partial charge is 0.343 e. The van der Waals surface area contributed by atoms with Crippen LogP contribution in [0.4, 0.5) is 0 Å². The molecule has 0 unspecified atom stereocenters. The van der Waals surface area contributed by atoms with E-state index in [1.54, 1.807) is 43.5 Å². The molecule has 0 saturated carbocycles. The number of aromatic nitrogens is 1. The number of Topliss-reactive ketones (excluding diaryl/α,β-unsaturated/α-hetero) is 1. The molecular formula is C31H29NO5. The van der Waals surface area contributed by atoms with Crippen LogP contribution in [0.25, 0.3) is 17.0 Å². The molecule has 2 heterocycles. The van der Waals surface area contributed by atoms with Gasteiger partial charge in [-0.3, -0.25) is 4.79 Å². The molecule has 0 aliphatic carbocycles. The first-order valence-electron chi connectivity index (χ1n) is 12.3. The second kappa shape index (κ2) is 9.28. The number of ketones is 1. The van der Waals surface area contributed by atoms with Crippen LogP contribution < -0.4 is 14.2 Å². The van der Waals surface area contributed by atoms with Gasteiger partial charge in [0.15, 0.2) is 5.76 Å². The predicted octanol–water partition coefficient (Wildman–Crippen LogP) is 6.80. The summed E-state index contributed by atoms with van der Waals surface area (Å²) >= 11 is 0. The minimum Gasteiger partial charge on any atom is -0.497 e. The first kappa shape index (κ1) is 24.4. The van der Waals surface area contributed by atoms with E-state index < -0.39 is 5.97 Å². The number of carbonyl (C=O) groups excluding carboxylic acids is 2. The molecule has 1 aliphatic rings. The van der Waals surface area contributed by atoms with Crippen LogP contribution in [0.3, 0.4) is 0 Å². The predicted molar refractivity (Wildman–Crippen MR) is 144 cm³/mol. The van der Waals surface area contributed by atoms with Crippen LogP contribution in [0.2, 0.25) is 0 Å². The fourth-order valence-corrected chi connectivity index (χ4v) is 4.45. The highest BCUT2D eigenvalue weighted by Crippen LogP contribution is 2.36. The first-order chi connectivity index (χ1) is 17.7. The Hall–Kier alpha value is -4.32. The van der Waals surface area contributed by atoms with Gasteiger partial charge in [0.25, 0.3) is 0 Å². The van der Waals surface area contributed by atoms with Gasteiger partial charge >= 0.3 is 5.97 Å². The van der Waals surface area contributed by atoms with Crippen molar-refractivity contribution in [2.45, 2.75) is 39.7 Å². The zero-order chi connectivity index (χ0) is 26.3. The summed E-state index contributed by atoms with van der Waals surface area (Å²) in [4.78, 5) is 25.8. The molecule has 1 aliphatic heterocycles. The molecule has 0 radical (unpaired) electrons. The molecule has 0 fully saturated rings. The van der Waals surface area contributed by atoms with Crippen molar-refractivity contribution >= 4 is 28.7 Å². The van der Waals surface area contributed by atoms with Crippen molar-refractivity contribution in [3.8, 4) is 17.2 Å². The number of allylic oxidation sites excluding steroid dienone is 1. The topological polar surface area (TPSA) is 66.8 Å². The van der Waals surface area contributed by atoms with Crippen molar-refractivity contribution in [3.05, 3.63) is 94.9 Å². The van der Waals surface area contributed by atoms with E-state index >= 15 is 0 Å². The summed E-state index contributed by atoms with van der Waals surface area (Å²) in [6, 6.07) is 18.1. The number of hydrogen-bond donors (Lipinski definition) is 0. The molecular weight excluding hydrogens is 466 g/mol. The molecule has 5 rings (SSSR count). The zero-order valence-corrected chi connectivity index (χ0v) is 21.6. The van der Waals surface area contributed by atoms with E-state index in [1.807, 2.05) is 36.5 Å². The second-order valence-electron chi connectivity index (χ2n) is 10.1. The number of rotatable bonds is 5. The summed E-state index contributed by atoms with van der Waals surface area (Å²) < 4.78 is 19.0. The third-order valence-corrected chi connectivity index (χ3v) is 6.58. The quantitative estimate of drug-likeness (QED) is 0.173. The van der Waals surface area contributed by atoms with Crippen LogP contribution >= 0.6 is 0 Å².